The van der Waals surface area contributed by atoms with Gasteiger partial charge >= 0.3 is 0 Å². The molecular weight excluding hydrogens is 366 g/mol. The van der Waals surface area contributed by atoms with E-state index in [0.717, 1.165) is 17.0 Å². The lowest BCUT2D eigenvalue weighted by atomic mass is 10.0. The molecule has 0 bridgehead atoms. The Bertz CT molecular complexity index is 1020. The molecule has 2 heterocycles. The van der Waals surface area contributed by atoms with Gasteiger partial charge in [-0.1, -0.05) is 12.1 Å². The van der Waals surface area contributed by atoms with Crippen molar-refractivity contribution in [2.75, 3.05) is 4.90 Å². The van der Waals surface area contributed by atoms with E-state index < -0.39 is 27.1 Å². The van der Waals surface area contributed by atoms with E-state index in [1.165, 1.54) is 19.3 Å². The summed E-state index contributed by atoms with van der Waals surface area (Å²) in [5, 5.41) is 22.5. The molecule has 0 aliphatic rings. The van der Waals surface area contributed by atoms with Crippen molar-refractivity contribution in [1.29, 1.82) is 0 Å². The number of nitrogens with zero attached hydrogens (tertiary/aromatic N) is 5. The van der Waals surface area contributed by atoms with Gasteiger partial charge in [-0.15, -0.1) is 0 Å². The molecule has 3 aromatic rings. The summed E-state index contributed by atoms with van der Waals surface area (Å²) in [5.41, 5.74) is -1.24. The van der Waals surface area contributed by atoms with Gasteiger partial charge in [-0.05, 0) is 31.2 Å². The van der Waals surface area contributed by atoms with Gasteiger partial charge in [0.15, 0.2) is 0 Å². The SMILES string of the molecule is Cc1c(C(=O)N(c2ccccn2)c2ccccn2)cc([N+](=O)[O-])cc1[N+](=O)[O-]. The number of hydrogen-bond acceptors (Lipinski definition) is 7. The number of non-ortho nitro benzene ring substituents is 1. The van der Waals surface area contributed by atoms with Crippen molar-refractivity contribution >= 4 is 28.9 Å². The maximum atomic E-state index is 13.3. The molecule has 1 amide bonds. The molecule has 0 fully saturated rings. The quantitative estimate of drug-likeness (QED) is 0.489. The predicted molar refractivity (Wildman–Crippen MR) is 99.4 cm³/mol. The van der Waals surface area contributed by atoms with Crippen LogP contribution >= 0.6 is 0 Å². The van der Waals surface area contributed by atoms with Gasteiger partial charge in [-0.25, -0.2) is 14.9 Å². The van der Waals surface area contributed by atoms with E-state index in [-0.39, 0.29) is 22.8 Å². The minimum atomic E-state index is -0.783. The van der Waals surface area contributed by atoms with Crippen molar-refractivity contribution in [2.45, 2.75) is 6.92 Å². The zero-order valence-electron chi connectivity index (χ0n) is 14.6. The highest BCUT2D eigenvalue weighted by molar-refractivity contribution is 6.11. The second kappa shape index (κ2) is 7.58. The molecule has 0 unspecified atom stereocenters. The summed E-state index contributed by atoms with van der Waals surface area (Å²) in [6, 6.07) is 11.6. The Morgan fingerprint density at radius 1 is 0.929 bits per heavy atom. The van der Waals surface area contributed by atoms with Crippen molar-refractivity contribution in [2.24, 2.45) is 0 Å². The zero-order chi connectivity index (χ0) is 20.3. The van der Waals surface area contributed by atoms with Gasteiger partial charge < -0.3 is 0 Å². The number of hydrogen-bond donors (Lipinski definition) is 0. The first-order valence-corrected chi connectivity index (χ1v) is 8.00. The lowest BCUT2D eigenvalue weighted by Gasteiger charge is -2.21. The van der Waals surface area contributed by atoms with Crippen LogP contribution in [0, 0.1) is 27.2 Å². The number of amides is 1. The van der Waals surface area contributed by atoms with Crippen LogP contribution in [0.3, 0.4) is 0 Å². The molecule has 0 spiro atoms. The highest BCUT2D eigenvalue weighted by atomic mass is 16.6. The molecule has 28 heavy (non-hydrogen) atoms. The number of benzene rings is 1. The molecule has 0 aliphatic carbocycles. The van der Waals surface area contributed by atoms with E-state index in [0.29, 0.717) is 0 Å². The van der Waals surface area contributed by atoms with Crippen LogP contribution in [0.25, 0.3) is 0 Å². The van der Waals surface area contributed by atoms with E-state index in [1.54, 1.807) is 36.4 Å². The van der Waals surface area contributed by atoms with Crippen LogP contribution < -0.4 is 4.90 Å². The molecule has 140 valence electrons. The fraction of sp³-hybridized carbons (Fsp3) is 0.0556. The van der Waals surface area contributed by atoms with Crippen molar-refractivity contribution < 1.29 is 14.6 Å². The van der Waals surface area contributed by atoms with Crippen LogP contribution in [-0.4, -0.2) is 25.7 Å². The summed E-state index contributed by atoms with van der Waals surface area (Å²) in [4.78, 5) is 43.7. The zero-order valence-corrected chi connectivity index (χ0v) is 14.6. The number of anilines is 2. The van der Waals surface area contributed by atoms with Crippen LogP contribution in [0.5, 0.6) is 0 Å². The first kappa shape index (κ1) is 18.6. The van der Waals surface area contributed by atoms with Crippen LogP contribution in [0.4, 0.5) is 23.0 Å². The third kappa shape index (κ3) is 3.51. The second-order valence-corrected chi connectivity index (χ2v) is 5.67. The molecule has 0 saturated heterocycles. The lowest BCUT2D eigenvalue weighted by Crippen LogP contribution is -2.28. The summed E-state index contributed by atoms with van der Waals surface area (Å²) >= 11 is 0. The first-order chi connectivity index (χ1) is 13.4. The van der Waals surface area contributed by atoms with Gasteiger partial charge in [-0.2, -0.15) is 0 Å². The largest absolute Gasteiger partial charge is 0.279 e. The number of nitro groups is 2. The minimum Gasteiger partial charge on any atom is -0.268 e. The van der Waals surface area contributed by atoms with E-state index in [4.69, 9.17) is 0 Å². The van der Waals surface area contributed by atoms with Crippen LogP contribution in [0.1, 0.15) is 15.9 Å². The molecule has 0 aliphatic heterocycles. The normalized spacial score (nSPS) is 10.3. The van der Waals surface area contributed by atoms with E-state index in [2.05, 4.69) is 9.97 Å². The Kier molecular flexibility index (Phi) is 5.03. The minimum absolute atomic E-state index is 0.0115. The maximum absolute atomic E-state index is 13.3. The lowest BCUT2D eigenvalue weighted by molar-refractivity contribution is -0.394. The Morgan fingerprint density at radius 2 is 1.50 bits per heavy atom. The fourth-order valence-corrected chi connectivity index (χ4v) is 2.62. The Morgan fingerprint density at radius 3 is 1.93 bits per heavy atom. The van der Waals surface area contributed by atoms with Crippen molar-refractivity contribution in [3.8, 4) is 0 Å². The van der Waals surface area contributed by atoms with Gasteiger partial charge in [0.25, 0.3) is 17.3 Å². The first-order valence-electron chi connectivity index (χ1n) is 8.00. The number of carbonyl (C=O) groups is 1. The monoisotopic (exact) mass is 379 g/mol. The summed E-state index contributed by atoms with van der Waals surface area (Å²) in [5.74, 6) is -0.277. The number of aromatic nitrogens is 2. The Hall–Kier alpha value is -4.21. The van der Waals surface area contributed by atoms with Gasteiger partial charge in [0, 0.05) is 24.0 Å². The maximum Gasteiger partial charge on any atom is 0.279 e. The average Bonchev–Trinajstić information content (AvgIpc) is 2.69. The van der Waals surface area contributed by atoms with E-state index in [1.807, 2.05) is 0 Å². The summed E-state index contributed by atoms with van der Waals surface area (Å²) in [7, 11) is 0. The fourth-order valence-electron chi connectivity index (χ4n) is 2.62. The van der Waals surface area contributed by atoms with E-state index >= 15 is 0 Å². The average molecular weight is 379 g/mol. The summed E-state index contributed by atoms with van der Waals surface area (Å²) in [6.07, 6.45) is 2.95. The molecular formula is C18H13N5O5. The smallest absolute Gasteiger partial charge is 0.268 e. The molecule has 10 heteroatoms. The van der Waals surface area contributed by atoms with Crippen LogP contribution in [0.2, 0.25) is 0 Å². The topological polar surface area (TPSA) is 132 Å². The van der Waals surface area contributed by atoms with Gasteiger partial charge in [0.1, 0.15) is 11.6 Å². The Balaban J connectivity index is 2.22. The predicted octanol–water partition coefficient (Wildman–Crippen LogP) is 3.58. The highest BCUT2D eigenvalue weighted by Gasteiger charge is 2.29. The molecule has 0 saturated carbocycles. The molecule has 1 aromatic carbocycles. The molecule has 0 radical (unpaired) electrons. The summed E-state index contributed by atoms with van der Waals surface area (Å²) in [6.45, 7) is 1.37. The molecule has 0 N–H and O–H groups in total. The number of nitro benzene ring substituents is 2. The molecule has 10 nitrogen and oxygen atoms in total. The standard InChI is InChI=1S/C18H13N5O5/c1-12-14(10-13(22(25)26)11-15(12)23(27)28)18(24)21(16-6-2-4-8-19-16)17-7-3-5-9-20-17/h2-11H,1H3. The number of pyridine rings is 2. The van der Waals surface area contributed by atoms with Gasteiger partial charge in [-0.3, -0.25) is 25.0 Å². The van der Waals surface area contributed by atoms with Crippen molar-refractivity contribution in [3.63, 3.8) is 0 Å². The number of rotatable bonds is 5. The third-order valence-electron chi connectivity index (χ3n) is 3.96. The number of carbonyl (C=O) groups excluding carboxylic acids is 1. The molecule has 0 atom stereocenters. The Labute approximate surface area is 158 Å². The van der Waals surface area contributed by atoms with Gasteiger partial charge in [0.2, 0.25) is 0 Å². The molecule has 3 rings (SSSR count). The van der Waals surface area contributed by atoms with Crippen molar-refractivity contribution in [3.05, 3.63) is 92.3 Å². The van der Waals surface area contributed by atoms with Crippen molar-refractivity contribution in [1.82, 2.24) is 9.97 Å². The van der Waals surface area contributed by atoms with Gasteiger partial charge in [0.05, 0.1) is 21.5 Å². The molecule has 2 aromatic heterocycles. The van der Waals surface area contributed by atoms with Crippen LogP contribution in [0.15, 0.2) is 60.9 Å². The third-order valence-corrected chi connectivity index (χ3v) is 3.96. The highest BCUT2D eigenvalue weighted by Crippen LogP contribution is 2.31. The van der Waals surface area contributed by atoms with E-state index in [9.17, 15) is 25.0 Å². The second-order valence-electron chi connectivity index (χ2n) is 5.67. The van der Waals surface area contributed by atoms with Crippen LogP contribution in [-0.2, 0) is 0 Å². The summed E-state index contributed by atoms with van der Waals surface area (Å²) < 4.78 is 0.